The van der Waals surface area contributed by atoms with Crippen molar-refractivity contribution < 1.29 is 9.13 Å². The van der Waals surface area contributed by atoms with Gasteiger partial charge < -0.3 is 10.5 Å². The van der Waals surface area contributed by atoms with E-state index in [9.17, 15) is 4.39 Å². The van der Waals surface area contributed by atoms with E-state index in [0.717, 1.165) is 5.56 Å². The summed E-state index contributed by atoms with van der Waals surface area (Å²) in [7, 11) is 0. The summed E-state index contributed by atoms with van der Waals surface area (Å²) in [6.45, 7) is 3.56. The Morgan fingerprint density at radius 3 is 2.63 bits per heavy atom. The molecule has 4 nitrogen and oxygen atoms in total. The number of hydrogen-bond acceptors (Lipinski definition) is 3. The number of nitrogens with zero attached hydrogens (tertiary/aromatic N) is 1. The highest BCUT2D eigenvalue weighted by Gasteiger charge is 2.13. The van der Waals surface area contributed by atoms with Gasteiger partial charge in [0.2, 0.25) is 5.88 Å². The Bertz CT molecular complexity index is 641. The molecular formula is C14H14FN3O. The van der Waals surface area contributed by atoms with Crippen LogP contribution < -0.4 is 10.5 Å². The van der Waals surface area contributed by atoms with E-state index in [1.54, 1.807) is 19.2 Å². The fourth-order valence-corrected chi connectivity index (χ4v) is 1.77. The fourth-order valence-electron chi connectivity index (χ4n) is 1.77. The van der Waals surface area contributed by atoms with Crippen LogP contribution in [-0.4, -0.2) is 10.8 Å². The Kier molecular flexibility index (Phi) is 3.46. The van der Waals surface area contributed by atoms with Crippen LogP contribution in [0.1, 0.15) is 16.7 Å². The van der Waals surface area contributed by atoms with Crippen LogP contribution in [0.4, 0.5) is 4.39 Å². The molecule has 0 aliphatic carbocycles. The summed E-state index contributed by atoms with van der Waals surface area (Å²) < 4.78 is 18.7. The molecule has 0 saturated carbocycles. The lowest BCUT2D eigenvalue weighted by molar-refractivity contribution is 0.456. The maximum Gasteiger partial charge on any atom is 0.230 e. The summed E-state index contributed by atoms with van der Waals surface area (Å²) in [4.78, 5) is 4.08. The van der Waals surface area contributed by atoms with Crippen molar-refractivity contribution in [2.45, 2.75) is 13.8 Å². The maximum atomic E-state index is 13.0. The number of ether oxygens (including phenoxy) is 1. The molecule has 0 amide bonds. The molecule has 2 aromatic rings. The van der Waals surface area contributed by atoms with Crippen molar-refractivity contribution in [1.29, 1.82) is 5.41 Å². The third kappa shape index (κ3) is 2.70. The summed E-state index contributed by atoms with van der Waals surface area (Å²) in [5.41, 5.74) is 7.44. The van der Waals surface area contributed by atoms with Gasteiger partial charge in [0.25, 0.3) is 0 Å². The second-order valence-electron chi connectivity index (χ2n) is 4.23. The van der Waals surface area contributed by atoms with E-state index < -0.39 is 0 Å². The number of nitrogens with two attached hydrogens (primary N) is 1. The molecule has 1 aromatic carbocycles. The van der Waals surface area contributed by atoms with Gasteiger partial charge in [-0.15, -0.1) is 0 Å². The van der Waals surface area contributed by atoms with Gasteiger partial charge in [-0.25, -0.2) is 9.37 Å². The molecule has 98 valence electrons. The maximum absolute atomic E-state index is 13.0. The molecule has 2 rings (SSSR count). The summed E-state index contributed by atoms with van der Waals surface area (Å²) in [5, 5.41) is 7.57. The van der Waals surface area contributed by atoms with Gasteiger partial charge in [-0.3, -0.25) is 5.41 Å². The second-order valence-corrected chi connectivity index (χ2v) is 4.23. The summed E-state index contributed by atoms with van der Waals surface area (Å²) >= 11 is 0. The predicted octanol–water partition coefficient (Wildman–Crippen LogP) is 2.91. The zero-order valence-corrected chi connectivity index (χ0v) is 10.7. The van der Waals surface area contributed by atoms with Crippen LogP contribution in [0.15, 0.2) is 30.5 Å². The molecular weight excluding hydrogens is 245 g/mol. The molecule has 1 heterocycles. The van der Waals surface area contributed by atoms with E-state index in [0.29, 0.717) is 16.9 Å². The van der Waals surface area contributed by atoms with Gasteiger partial charge in [-0.1, -0.05) is 0 Å². The van der Waals surface area contributed by atoms with Gasteiger partial charge >= 0.3 is 0 Å². The van der Waals surface area contributed by atoms with E-state index in [1.807, 2.05) is 6.92 Å². The van der Waals surface area contributed by atoms with Gasteiger partial charge in [0.1, 0.15) is 17.4 Å². The minimum Gasteiger partial charge on any atom is -0.438 e. The van der Waals surface area contributed by atoms with Crippen molar-refractivity contribution in [3.8, 4) is 11.6 Å². The number of halogens is 1. The molecule has 0 aliphatic heterocycles. The van der Waals surface area contributed by atoms with Crippen LogP contribution in [-0.2, 0) is 0 Å². The third-order valence-corrected chi connectivity index (χ3v) is 2.74. The predicted molar refractivity (Wildman–Crippen MR) is 71.2 cm³/mol. The number of amidine groups is 1. The number of aryl methyl sites for hydroxylation is 2. The van der Waals surface area contributed by atoms with Gasteiger partial charge in [-0.2, -0.15) is 0 Å². The summed E-state index contributed by atoms with van der Waals surface area (Å²) in [5.74, 6) is 0.304. The van der Waals surface area contributed by atoms with E-state index in [-0.39, 0.29) is 17.5 Å². The molecule has 3 N–H and O–H groups in total. The van der Waals surface area contributed by atoms with Crippen molar-refractivity contribution in [3.63, 3.8) is 0 Å². The molecule has 0 spiro atoms. The standard InChI is InChI=1S/C14H14FN3O/c1-8-5-6-18-14(12(8)13(16)17)19-11-4-3-10(15)7-9(11)2/h3-7H,1-2H3,(H3,16,17). The summed E-state index contributed by atoms with van der Waals surface area (Å²) in [6, 6.07) is 5.96. The van der Waals surface area contributed by atoms with Gasteiger partial charge in [0, 0.05) is 6.20 Å². The third-order valence-electron chi connectivity index (χ3n) is 2.74. The minimum atomic E-state index is -0.325. The van der Waals surface area contributed by atoms with Crippen molar-refractivity contribution in [2.24, 2.45) is 5.73 Å². The molecule has 0 bridgehead atoms. The zero-order valence-electron chi connectivity index (χ0n) is 10.7. The molecule has 0 radical (unpaired) electrons. The van der Waals surface area contributed by atoms with E-state index in [4.69, 9.17) is 15.9 Å². The molecule has 0 aliphatic rings. The van der Waals surface area contributed by atoms with Crippen LogP contribution in [0.2, 0.25) is 0 Å². The normalized spacial score (nSPS) is 10.3. The number of rotatable bonds is 3. The zero-order chi connectivity index (χ0) is 14.0. The highest BCUT2D eigenvalue weighted by atomic mass is 19.1. The number of nitrogens with one attached hydrogen (secondary N) is 1. The molecule has 19 heavy (non-hydrogen) atoms. The van der Waals surface area contributed by atoms with Crippen LogP contribution >= 0.6 is 0 Å². The number of aromatic nitrogens is 1. The molecule has 0 fully saturated rings. The van der Waals surface area contributed by atoms with Crippen LogP contribution in [0.5, 0.6) is 11.6 Å². The largest absolute Gasteiger partial charge is 0.438 e. The van der Waals surface area contributed by atoms with E-state index in [1.165, 1.54) is 18.2 Å². The Balaban J connectivity index is 2.44. The smallest absolute Gasteiger partial charge is 0.230 e. The molecule has 0 atom stereocenters. The van der Waals surface area contributed by atoms with Crippen LogP contribution in [0.25, 0.3) is 0 Å². The van der Waals surface area contributed by atoms with Crippen molar-refractivity contribution in [1.82, 2.24) is 4.98 Å². The minimum absolute atomic E-state index is 0.111. The molecule has 0 saturated heterocycles. The lowest BCUT2D eigenvalue weighted by Crippen LogP contribution is -2.15. The lowest BCUT2D eigenvalue weighted by atomic mass is 10.1. The highest BCUT2D eigenvalue weighted by molar-refractivity contribution is 5.98. The van der Waals surface area contributed by atoms with Crippen molar-refractivity contribution in [2.75, 3.05) is 0 Å². The quantitative estimate of drug-likeness (QED) is 0.657. The first-order chi connectivity index (χ1) is 8.99. The Labute approximate surface area is 110 Å². The first-order valence-electron chi connectivity index (χ1n) is 5.73. The Morgan fingerprint density at radius 2 is 2.00 bits per heavy atom. The second kappa shape index (κ2) is 5.06. The number of hydrogen-bond donors (Lipinski definition) is 2. The number of benzene rings is 1. The first kappa shape index (κ1) is 13.0. The molecule has 5 heteroatoms. The monoisotopic (exact) mass is 259 g/mol. The molecule has 0 unspecified atom stereocenters. The van der Waals surface area contributed by atoms with Gasteiger partial charge in [0.05, 0.1) is 5.56 Å². The number of pyridine rings is 1. The Hall–Kier alpha value is -2.43. The Morgan fingerprint density at radius 1 is 1.26 bits per heavy atom. The average Bonchev–Trinajstić information content (AvgIpc) is 2.32. The van der Waals surface area contributed by atoms with Crippen molar-refractivity contribution >= 4 is 5.84 Å². The highest BCUT2D eigenvalue weighted by Crippen LogP contribution is 2.27. The lowest BCUT2D eigenvalue weighted by Gasteiger charge is -2.12. The van der Waals surface area contributed by atoms with Gasteiger partial charge in [0.15, 0.2) is 0 Å². The number of nitrogen functional groups attached to an aromatic ring is 1. The van der Waals surface area contributed by atoms with E-state index in [2.05, 4.69) is 4.98 Å². The van der Waals surface area contributed by atoms with Gasteiger partial charge in [-0.05, 0) is 49.2 Å². The average molecular weight is 259 g/mol. The topological polar surface area (TPSA) is 72.0 Å². The van der Waals surface area contributed by atoms with E-state index >= 15 is 0 Å². The summed E-state index contributed by atoms with van der Waals surface area (Å²) in [6.07, 6.45) is 1.58. The van der Waals surface area contributed by atoms with Crippen LogP contribution in [0, 0.1) is 25.1 Å². The van der Waals surface area contributed by atoms with Crippen molar-refractivity contribution in [3.05, 3.63) is 53.0 Å². The SMILES string of the molecule is Cc1cc(F)ccc1Oc1nccc(C)c1C(=N)N. The first-order valence-corrected chi connectivity index (χ1v) is 5.73. The fraction of sp³-hybridized carbons (Fsp3) is 0.143. The molecule has 1 aromatic heterocycles. The van der Waals surface area contributed by atoms with Crippen LogP contribution in [0.3, 0.4) is 0 Å².